The van der Waals surface area contributed by atoms with E-state index in [2.05, 4.69) is 10.2 Å². The van der Waals surface area contributed by atoms with Crippen LogP contribution in [0.2, 0.25) is 0 Å². The Labute approximate surface area is 161 Å². The second kappa shape index (κ2) is 8.91. The number of nitrogens with one attached hydrogen (secondary N) is 1. The number of para-hydroxylation sites is 1. The number of amides is 1. The van der Waals surface area contributed by atoms with Crippen molar-refractivity contribution in [2.24, 2.45) is 5.92 Å². The van der Waals surface area contributed by atoms with E-state index in [4.69, 9.17) is 4.74 Å². The van der Waals surface area contributed by atoms with Gasteiger partial charge in [0, 0.05) is 18.0 Å². The lowest BCUT2D eigenvalue weighted by Gasteiger charge is -2.32. The van der Waals surface area contributed by atoms with Crippen molar-refractivity contribution in [3.05, 3.63) is 59.7 Å². The predicted molar refractivity (Wildman–Crippen MR) is 106 cm³/mol. The zero-order valence-electron chi connectivity index (χ0n) is 16.0. The van der Waals surface area contributed by atoms with Crippen molar-refractivity contribution >= 4 is 5.91 Å². The molecule has 1 heterocycles. The number of carbonyl (C=O) groups excluding carboxylic acids is 1. The Bertz CT molecular complexity index is 755. The summed E-state index contributed by atoms with van der Waals surface area (Å²) in [6, 6.07) is 15.6. The van der Waals surface area contributed by atoms with Crippen LogP contribution in [0.3, 0.4) is 0 Å². The first-order valence-corrected chi connectivity index (χ1v) is 9.51. The quantitative estimate of drug-likeness (QED) is 0.819. The third kappa shape index (κ3) is 4.80. The smallest absolute Gasteiger partial charge is 0.223 e. The van der Waals surface area contributed by atoms with Crippen LogP contribution >= 0.6 is 0 Å². The van der Waals surface area contributed by atoms with Gasteiger partial charge in [0.2, 0.25) is 5.91 Å². The van der Waals surface area contributed by atoms with Gasteiger partial charge in [0.05, 0.1) is 13.2 Å². The highest BCUT2D eigenvalue weighted by atomic mass is 16.5. The molecule has 1 aliphatic heterocycles. The zero-order valence-corrected chi connectivity index (χ0v) is 16.0. The van der Waals surface area contributed by atoms with Crippen molar-refractivity contribution in [1.29, 1.82) is 0 Å². The summed E-state index contributed by atoms with van der Waals surface area (Å²) in [4.78, 5) is 14.9. The molecule has 1 aliphatic rings. The van der Waals surface area contributed by atoms with Gasteiger partial charge in [0.1, 0.15) is 0 Å². The van der Waals surface area contributed by atoms with E-state index in [0.717, 1.165) is 37.1 Å². The summed E-state index contributed by atoms with van der Waals surface area (Å²) in [6.45, 7) is 4.37. The van der Waals surface area contributed by atoms with Crippen molar-refractivity contribution < 1.29 is 14.6 Å². The maximum atomic E-state index is 12.6. The van der Waals surface area contributed by atoms with Crippen LogP contribution in [0.1, 0.15) is 36.9 Å². The van der Waals surface area contributed by atoms with Gasteiger partial charge < -0.3 is 15.2 Å². The Morgan fingerprint density at radius 2 is 1.89 bits per heavy atom. The molecule has 2 aromatic rings. The van der Waals surface area contributed by atoms with E-state index >= 15 is 0 Å². The molecular weight excluding hydrogens is 340 g/mol. The van der Waals surface area contributed by atoms with Gasteiger partial charge in [-0.2, -0.15) is 0 Å². The molecule has 2 N–H and O–H groups in total. The van der Waals surface area contributed by atoms with Crippen molar-refractivity contribution in [3.8, 4) is 11.5 Å². The number of carbonyl (C=O) groups is 1. The van der Waals surface area contributed by atoms with E-state index in [0.29, 0.717) is 12.3 Å². The number of likely N-dealkylation sites (tertiary alicyclic amines) is 1. The first-order chi connectivity index (χ1) is 13.1. The molecule has 0 spiro atoms. The lowest BCUT2D eigenvalue weighted by Crippen LogP contribution is -2.40. The molecule has 1 fully saturated rings. The largest absolute Gasteiger partial charge is 0.504 e. The van der Waals surface area contributed by atoms with E-state index in [-0.39, 0.29) is 23.6 Å². The predicted octanol–water partition coefficient (Wildman–Crippen LogP) is 3.49. The Morgan fingerprint density at radius 1 is 1.19 bits per heavy atom. The minimum atomic E-state index is 0.0189. The van der Waals surface area contributed by atoms with Crippen LogP contribution < -0.4 is 10.1 Å². The molecule has 2 aromatic carbocycles. The van der Waals surface area contributed by atoms with E-state index in [1.807, 2.05) is 49.4 Å². The minimum Gasteiger partial charge on any atom is -0.504 e. The van der Waals surface area contributed by atoms with Gasteiger partial charge in [-0.05, 0) is 44.5 Å². The highest BCUT2D eigenvalue weighted by molar-refractivity contribution is 5.79. The SMILES string of the molecule is COc1cccc(CN2CCC(C(=O)N[C@@H](C)c3ccccc3)CC2)c1O. The molecule has 0 bridgehead atoms. The van der Waals surface area contributed by atoms with Gasteiger partial charge in [-0.1, -0.05) is 42.5 Å². The maximum Gasteiger partial charge on any atom is 0.223 e. The number of phenols is 1. The average Bonchev–Trinajstić information content (AvgIpc) is 2.70. The molecule has 0 aromatic heterocycles. The number of nitrogens with zero attached hydrogens (tertiary/aromatic N) is 1. The minimum absolute atomic E-state index is 0.0189. The molecule has 5 heteroatoms. The molecular formula is C22H28N2O3. The average molecular weight is 368 g/mol. The van der Waals surface area contributed by atoms with Crippen LogP contribution in [0.25, 0.3) is 0 Å². The normalized spacial score (nSPS) is 16.7. The lowest BCUT2D eigenvalue weighted by atomic mass is 9.94. The van der Waals surface area contributed by atoms with Crippen molar-refractivity contribution in [1.82, 2.24) is 10.2 Å². The molecule has 5 nitrogen and oxygen atoms in total. The summed E-state index contributed by atoms with van der Waals surface area (Å²) in [5, 5.41) is 13.4. The Balaban J connectivity index is 1.51. The molecule has 1 saturated heterocycles. The van der Waals surface area contributed by atoms with Gasteiger partial charge >= 0.3 is 0 Å². The van der Waals surface area contributed by atoms with Gasteiger partial charge in [-0.3, -0.25) is 9.69 Å². The fourth-order valence-electron chi connectivity index (χ4n) is 3.61. The topological polar surface area (TPSA) is 61.8 Å². The van der Waals surface area contributed by atoms with Crippen molar-refractivity contribution in [2.45, 2.75) is 32.4 Å². The van der Waals surface area contributed by atoms with Gasteiger partial charge in [-0.25, -0.2) is 0 Å². The highest BCUT2D eigenvalue weighted by Crippen LogP contribution is 2.31. The number of aromatic hydroxyl groups is 1. The Morgan fingerprint density at radius 3 is 2.56 bits per heavy atom. The standard InChI is InChI=1S/C22H28N2O3/c1-16(17-7-4-3-5-8-17)23-22(26)18-11-13-24(14-12-18)15-19-9-6-10-20(27-2)21(19)25/h3-10,16,18,25H,11-15H2,1-2H3,(H,23,26)/t16-/m0/s1. The monoisotopic (exact) mass is 368 g/mol. The molecule has 144 valence electrons. The molecule has 0 saturated carbocycles. The van der Waals surface area contributed by atoms with E-state index in [9.17, 15) is 9.90 Å². The van der Waals surface area contributed by atoms with Crippen LogP contribution in [0.15, 0.2) is 48.5 Å². The van der Waals surface area contributed by atoms with E-state index in [1.165, 1.54) is 0 Å². The van der Waals surface area contributed by atoms with Crippen LogP contribution in [-0.2, 0) is 11.3 Å². The maximum absolute atomic E-state index is 12.6. The summed E-state index contributed by atoms with van der Waals surface area (Å²) in [5.41, 5.74) is 1.98. The number of piperidine rings is 1. The van der Waals surface area contributed by atoms with Crippen LogP contribution in [0.5, 0.6) is 11.5 Å². The van der Waals surface area contributed by atoms with E-state index < -0.39 is 0 Å². The molecule has 27 heavy (non-hydrogen) atoms. The fourth-order valence-corrected chi connectivity index (χ4v) is 3.61. The second-order valence-corrected chi connectivity index (χ2v) is 7.16. The molecule has 0 radical (unpaired) electrons. The number of phenolic OH excluding ortho intramolecular Hbond substituents is 1. The highest BCUT2D eigenvalue weighted by Gasteiger charge is 2.26. The number of hydrogen-bond donors (Lipinski definition) is 2. The molecule has 0 aliphatic carbocycles. The molecule has 3 rings (SSSR count). The molecule has 1 amide bonds. The molecule has 0 unspecified atom stereocenters. The van der Waals surface area contributed by atoms with Gasteiger partial charge in [-0.15, -0.1) is 0 Å². The summed E-state index contributed by atoms with van der Waals surface area (Å²) in [7, 11) is 1.55. The first kappa shape index (κ1) is 19.2. The number of ether oxygens (including phenoxy) is 1. The second-order valence-electron chi connectivity index (χ2n) is 7.16. The zero-order chi connectivity index (χ0) is 19.2. The summed E-state index contributed by atoms with van der Waals surface area (Å²) in [5.74, 6) is 0.884. The van der Waals surface area contributed by atoms with Crippen molar-refractivity contribution in [3.63, 3.8) is 0 Å². The van der Waals surface area contributed by atoms with Crippen LogP contribution in [-0.4, -0.2) is 36.1 Å². The van der Waals surface area contributed by atoms with E-state index in [1.54, 1.807) is 13.2 Å². The Hall–Kier alpha value is -2.53. The number of rotatable bonds is 6. The van der Waals surface area contributed by atoms with Crippen LogP contribution in [0, 0.1) is 5.92 Å². The number of benzene rings is 2. The first-order valence-electron chi connectivity index (χ1n) is 9.51. The molecule has 1 atom stereocenters. The fraction of sp³-hybridized carbons (Fsp3) is 0.409. The van der Waals surface area contributed by atoms with Gasteiger partial charge in [0.25, 0.3) is 0 Å². The Kier molecular flexibility index (Phi) is 6.35. The lowest BCUT2D eigenvalue weighted by molar-refractivity contribution is -0.127. The van der Waals surface area contributed by atoms with Crippen LogP contribution in [0.4, 0.5) is 0 Å². The third-order valence-corrected chi connectivity index (χ3v) is 5.31. The summed E-state index contributed by atoms with van der Waals surface area (Å²) in [6.07, 6.45) is 1.66. The van der Waals surface area contributed by atoms with Gasteiger partial charge in [0.15, 0.2) is 11.5 Å². The summed E-state index contributed by atoms with van der Waals surface area (Å²) >= 11 is 0. The summed E-state index contributed by atoms with van der Waals surface area (Å²) < 4.78 is 5.18. The number of methoxy groups -OCH3 is 1. The number of hydrogen-bond acceptors (Lipinski definition) is 4. The third-order valence-electron chi connectivity index (χ3n) is 5.31. The van der Waals surface area contributed by atoms with Crippen molar-refractivity contribution in [2.75, 3.05) is 20.2 Å².